The zero-order chi connectivity index (χ0) is 20.1. The molecule has 29 heavy (non-hydrogen) atoms. The van der Waals surface area contributed by atoms with Crippen LogP contribution in [0.25, 0.3) is 10.9 Å². The molecule has 6 heteroatoms. The van der Waals surface area contributed by atoms with E-state index >= 15 is 0 Å². The Morgan fingerprint density at radius 2 is 1.93 bits per heavy atom. The zero-order valence-corrected chi connectivity index (χ0v) is 17.7. The van der Waals surface area contributed by atoms with Crippen molar-refractivity contribution in [3.8, 4) is 0 Å². The van der Waals surface area contributed by atoms with Gasteiger partial charge in [-0.1, -0.05) is 24.6 Å². The van der Waals surface area contributed by atoms with Crippen LogP contribution in [0.2, 0.25) is 0 Å². The maximum absolute atomic E-state index is 12.6. The minimum atomic E-state index is 0.117. The highest BCUT2D eigenvalue weighted by Crippen LogP contribution is 2.32. The molecule has 0 saturated carbocycles. The number of fused-ring (bicyclic) bond motifs is 1. The first kappa shape index (κ1) is 20.4. The Labute approximate surface area is 173 Å². The standard InChI is InChI=1S/C23H34N4O2/c1-19-20-7-3-4-8-21(20)27(25-19)14-9-22(28)24-17-23(10-15-29-16-11-23)18-26-12-5-2-6-13-26/h3-4,7-8H,2,5-6,9-18H2,1H3,(H,24,28). The lowest BCUT2D eigenvalue weighted by Crippen LogP contribution is -2.49. The molecule has 2 aromatic rings. The second-order valence-electron chi connectivity index (χ2n) is 8.80. The molecular weight excluding hydrogens is 364 g/mol. The molecule has 1 N–H and O–H groups in total. The number of hydrogen-bond acceptors (Lipinski definition) is 4. The maximum Gasteiger partial charge on any atom is 0.221 e. The van der Waals surface area contributed by atoms with E-state index in [1.807, 2.05) is 23.7 Å². The molecule has 1 aromatic carbocycles. The van der Waals surface area contributed by atoms with Crippen LogP contribution in [0.15, 0.2) is 24.3 Å². The first-order chi connectivity index (χ1) is 14.2. The summed E-state index contributed by atoms with van der Waals surface area (Å²) < 4.78 is 7.59. The Balaban J connectivity index is 1.32. The number of aryl methyl sites for hydroxylation is 2. The minimum Gasteiger partial charge on any atom is -0.381 e. The predicted octanol–water partition coefficient (Wildman–Crippen LogP) is 3.13. The molecule has 0 atom stereocenters. The first-order valence-corrected chi connectivity index (χ1v) is 11.1. The summed E-state index contributed by atoms with van der Waals surface area (Å²) in [6.07, 6.45) is 6.48. The van der Waals surface area contributed by atoms with Crippen LogP contribution in [0.1, 0.15) is 44.2 Å². The SMILES string of the molecule is Cc1nn(CCC(=O)NCC2(CN3CCCCC3)CCOCC2)c2ccccc12. The summed E-state index contributed by atoms with van der Waals surface area (Å²) in [5.41, 5.74) is 2.27. The number of amides is 1. The lowest BCUT2D eigenvalue weighted by Gasteiger charge is -2.42. The van der Waals surface area contributed by atoms with E-state index in [1.54, 1.807) is 0 Å². The minimum absolute atomic E-state index is 0.117. The number of likely N-dealkylation sites (tertiary alicyclic amines) is 1. The summed E-state index contributed by atoms with van der Waals surface area (Å²) in [5.74, 6) is 0.117. The number of aromatic nitrogens is 2. The van der Waals surface area contributed by atoms with Crippen molar-refractivity contribution in [1.82, 2.24) is 20.0 Å². The highest BCUT2D eigenvalue weighted by molar-refractivity contribution is 5.82. The molecule has 6 nitrogen and oxygen atoms in total. The molecule has 0 radical (unpaired) electrons. The molecule has 0 unspecified atom stereocenters. The van der Waals surface area contributed by atoms with Crippen LogP contribution in [0, 0.1) is 12.3 Å². The van der Waals surface area contributed by atoms with Gasteiger partial charge in [-0.3, -0.25) is 9.48 Å². The smallest absolute Gasteiger partial charge is 0.221 e. The number of rotatable bonds is 7. The lowest BCUT2D eigenvalue weighted by molar-refractivity contribution is -0.122. The fourth-order valence-corrected chi connectivity index (χ4v) is 4.83. The highest BCUT2D eigenvalue weighted by Gasteiger charge is 2.35. The van der Waals surface area contributed by atoms with Crippen molar-refractivity contribution in [2.75, 3.05) is 39.4 Å². The number of benzene rings is 1. The zero-order valence-electron chi connectivity index (χ0n) is 17.7. The van der Waals surface area contributed by atoms with Gasteiger partial charge in [-0.25, -0.2) is 0 Å². The summed E-state index contributed by atoms with van der Waals surface area (Å²) in [5, 5.41) is 9.02. The van der Waals surface area contributed by atoms with Crippen LogP contribution in [-0.4, -0.2) is 60.0 Å². The second kappa shape index (κ2) is 9.26. The van der Waals surface area contributed by atoms with Crippen molar-refractivity contribution in [2.24, 2.45) is 5.41 Å². The third kappa shape index (κ3) is 4.98. The molecule has 3 heterocycles. The van der Waals surface area contributed by atoms with Gasteiger partial charge >= 0.3 is 0 Å². The fourth-order valence-electron chi connectivity index (χ4n) is 4.83. The molecule has 1 amide bonds. The van der Waals surface area contributed by atoms with Gasteiger partial charge < -0.3 is 15.0 Å². The van der Waals surface area contributed by atoms with Gasteiger partial charge in [-0.15, -0.1) is 0 Å². The van der Waals surface area contributed by atoms with Gasteiger partial charge in [0.25, 0.3) is 0 Å². The van der Waals surface area contributed by atoms with Crippen molar-refractivity contribution in [3.63, 3.8) is 0 Å². The van der Waals surface area contributed by atoms with E-state index in [0.717, 1.165) is 55.7 Å². The molecule has 4 rings (SSSR count). The first-order valence-electron chi connectivity index (χ1n) is 11.1. The lowest BCUT2D eigenvalue weighted by atomic mass is 9.79. The van der Waals surface area contributed by atoms with E-state index in [4.69, 9.17) is 4.74 Å². The summed E-state index contributed by atoms with van der Waals surface area (Å²) in [7, 11) is 0. The van der Waals surface area contributed by atoms with Crippen LogP contribution >= 0.6 is 0 Å². The summed E-state index contributed by atoms with van der Waals surface area (Å²) in [6, 6.07) is 8.21. The summed E-state index contributed by atoms with van der Waals surface area (Å²) in [6.45, 7) is 8.48. The molecule has 2 aliphatic heterocycles. The number of piperidine rings is 1. The molecule has 2 aliphatic rings. The van der Waals surface area contributed by atoms with E-state index in [-0.39, 0.29) is 11.3 Å². The maximum atomic E-state index is 12.6. The van der Waals surface area contributed by atoms with Crippen molar-refractivity contribution < 1.29 is 9.53 Å². The Hall–Kier alpha value is -1.92. The van der Waals surface area contributed by atoms with E-state index in [0.29, 0.717) is 13.0 Å². The monoisotopic (exact) mass is 398 g/mol. The van der Waals surface area contributed by atoms with Gasteiger partial charge in [-0.05, 0) is 51.8 Å². The number of hydrogen-bond donors (Lipinski definition) is 1. The summed E-state index contributed by atoms with van der Waals surface area (Å²) in [4.78, 5) is 15.2. The molecule has 0 bridgehead atoms. The average molecular weight is 399 g/mol. The molecule has 2 fully saturated rings. The van der Waals surface area contributed by atoms with Gasteiger partial charge in [0.1, 0.15) is 0 Å². The Kier molecular flexibility index (Phi) is 6.50. The fraction of sp³-hybridized carbons (Fsp3) is 0.652. The number of carbonyl (C=O) groups is 1. The highest BCUT2D eigenvalue weighted by atomic mass is 16.5. The third-order valence-corrected chi connectivity index (χ3v) is 6.62. The Bertz CT molecular complexity index is 819. The number of nitrogens with one attached hydrogen (secondary N) is 1. The quantitative estimate of drug-likeness (QED) is 0.778. The number of para-hydroxylation sites is 1. The van der Waals surface area contributed by atoms with Gasteiger partial charge in [-0.2, -0.15) is 5.10 Å². The van der Waals surface area contributed by atoms with Gasteiger partial charge in [0.15, 0.2) is 0 Å². The predicted molar refractivity (Wildman–Crippen MR) is 115 cm³/mol. The third-order valence-electron chi connectivity index (χ3n) is 6.62. The Morgan fingerprint density at radius 3 is 2.72 bits per heavy atom. The Morgan fingerprint density at radius 1 is 1.17 bits per heavy atom. The van der Waals surface area contributed by atoms with E-state index in [2.05, 4.69) is 27.4 Å². The van der Waals surface area contributed by atoms with E-state index < -0.39 is 0 Å². The number of nitrogens with zero attached hydrogens (tertiary/aromatic N) is 3. The van der Waals surface area contributed by atoms with E-state index in [9.17, 15) is 4.79 Å². The molecule has 0 aliphatic carbocycles. The van der Waals surface area contributed by atoms with Crippen LogP contribution in [0.5, 0.6) is 0 Å². The van der Waals surface area contributed by atoms with Gasteiger partial charge in [0.2, 0.25) is 5.91 Å². The largest absolute Gasteiger partial charge is 0.381 e. The van der Waals surface area contributed by atoms with E-state index in [1.165, 1.54) is 32.4 Å². The van der Waals surface area contributed by atoms with Gasteiger partial charge in [0, 0.05) is 43.5 Å². The van der Waals surface area contributed by atoms with Crippen molar-refractivity contribution in [2.45, 2.75) is 52.0 Å². The molecule has 2 saturated heterocycles. The second-order valence-corrected chi connectivity index (χ2v) is 8.80. The number of carbonyl (C=O) groups excluding carboxylic acids is 1. The van der Waals surface area contributed by atoms with Crippen LogP contribution < -0.4 is 5.32 Å². The van der Waals surface area contributed by atoms with Crippen LogP contribution in [0.3, 0.4) is 0 Å². The molecular formula is C23H34N4O2. The number of ether oxygens (including phenoxy) is 1. The van der Waals surface area contributed by atoms with Crippen molar-refractivity contribution >= 4 is 16.8 Å². The van der Waals surface area contributed by atoms with Crippen molar-refractivity contribution in [1.29, 1.82) is 0 Å². The molecule has 1 aromatic heterocycles. The summed E-state index contributed by atoms with van der Waals surface area (Å²) >= 11 is 0. The van der Waals surface area contributed by atoms with Crippen molar-refractivity contribution in [3.05, 3.63) is 30.0 Å². The van der Waals surface area contributed by atoms with Crippen LogP contribution in [0.4, 0.5) is 0 Å². The van der Waals surface area contributed by atoms with Crippen LogP contribution in [-0.2, 0) is 16.1 Å². The molecule has 0 spiro atoms. The normalized spacial score (nSPS) is 20.0. The average Bonchev–Trinajstić information content (AvgIpc) is 3.08. The topological polar surface area (TPSA) is 59.4 Å². The molecule has 158 valence electrons. The van der Waals surface area contributed by atoms with Gasteiger partial charge in [0.05, 0.1) is 17.8 Å².